The van der Waals surface area contributed by atoms with E-state index >= 15 is 0 Å². The second-order valence-electron chi connectivity index (χ2n) is 3.26. The quantitative estimate of drug-likeness (QED) is 0.631. The molecule has 0 bridgehead atoms. The molecule has 0 spiro atoms. The van der Waals surface area contributed by atoms with Gasteiger partial charge in [0, 0.05) is 19.5 Å². The lowest BCUT2D eigenvalue weighted by Gasteiger charge is -2.15. The third kappa shape index (κ3) is 3.28. The molecular weight excluding hydrogens is 186 g/mol. The molecule has 0 aromatic carbocycles. The van der Waals surface area contributed by atoms with E-state index in [1.54, 1.807) is 0 Å². The summed E-state index contributed by atoms with van der Waals surface area (Å²) in [5.41, 5.74) is 6.86. The van der Waals surface area contributed by atoms with Crippen molar-refractivity contribution in [2.45, 2.75) is 26.7 Å². The molecule has 2 heteroatoms. The van der Waals surface area contributed by atoms with Gasteiger partial charge in [0.25, 0.3) is 0 Å². The van der Waals surface area contributed by atoms with Crippen molar-refractivity contribution in [1.82, 2.24) is 4.90 Å². The van der Waals surface area contributed by atoms with Crippen LogP contribution in [0, 0.1) is 0 Å². The maximum atomic E-state index is 11.3. The number of likely N-dealkylation sites (tertiary alicyclic amines) is 1. The Morgan fingerprint density at radius 3 is 2.73 bits per heavy atom. The summed E-state index contributed by atoms with van der Waals surface area (Å²) in [6.45, 7) is 5.63. The molecular formula is C13H17NO. The van der Waals surface area contributed by atoms with Crippen LogP contribution in [0.25, 0.3) is 0 Å². The highest BCUT2D eigenvalue weighted by Crippen LogP contribution is 2.12. The summed E-state index contributed by atoms with van der Waals surface area (Å²) in [4.78, 5) is 13.2. The standard InChI is InChI=1S/C11H11NO.C2H6/c13-11-7-4-8-12(11)9-10-5-2-1-3-6-10;1-2/h2,5-6H,4,7-9H2;1-2H3. The van der Waals surface area contributed by atoms with Gasteiger partial charge in [0.2, 0.25) is 5.91 Å². The molecule has 1 heterocycles. The van der Waals surface area contributed by atoms with Gasteiger partial charge in [0.15, 0.2) is 0 Å². The highest BCUT2D eigenvalue weighted by molar-refractivity contribution is 5.78. The Hall–Kier alpha value is -1.49. The summed E-state index contributed by atoms with van der Waals surface area (Å²) in [6.07, 6.45) is 7.40. The summed E-state index contributed by atoms with van der Waals surface area (Å²) in [5.74, 6) is 0.271. The monoisotopic (exact) mass is 203 g/mol. The number of rotatable bonds is 2. The summed E-state index contributed by atoms with van der Waals surface area (Å²) in [7, 11) is 0. The molecule has 0 saturated carbocycles. The van der Waals surface area contributed by atoms with Crippen LogP contribution in [0.15, 0.2) is 35.3 Å². The maximum absolute atomic E-state index is 11.3. The van der Waals surface area contributed by atoms with Gasteiger partial charge in [-0.05, 0) is 30.2 Å². The molecule has 0 aromatic heterocycles. The first-order chi connectivity index (χ1) is 7.36. The molecule has 2 nitrogen and oxygen atoms in total. The van der Waals surface area contributed by atoms with E-state index in [0.717, 1.165) is 25.1 Å². The molecule has 80 valence electrons. The predicted molar refractivity (Wildman–Crippen MR) is 61.4 cm³/mol. The molecule has 2 aliphatic rings. The fourth-order valence-corrected chi connectivity index (χ4v) is 1.57. The van der Waals surface area contributed by atoms with Crippen LogP contribution in [0.2, 0.25) is 0 Å². The number of allylic oxidation sites excluding steroid dienone is 2. The molecule has 1 aliphatic carbocycles. The Labute approximate surface area is 91.3 Å². The lowest BCUT2D eigenvalue weighted by molar-refractivity contribution is -0.127. The molecule has 0 aromatic rings. The van der Waals surface area contributed by atoms with Gasteiger partial charge in [-0.2, -0.15) is 0 Å². The molecule has 1 amide bonds. The van der Waals surface area contributed by atoms with Gasteiger partial charge >= 0.3 is 0 Å². The van der Waals surface area contributed by atoms with Crippen molar-refractivity contribution >= 4 is 5.91 Å². The van der Waals surface area contributed by atoms with Crippen molar-refractivity contribution in [2.24, 2.45) is 0 Å². The predicted octanol–water partition coefficient (Wildman–Crippen LogP) is 2.44. The maximum Gasteiger partial charge on any atom is 0.222 e. The number of hydrogen-bond acceptors (Lipinski definition) is 1. The van der Waals surface area contributed by atoms with E-state index in [2.05, 4.69) is 11.5 Å². The highest BCUT2D eigenvalue weighted by Gasteiger charge is 2.19. The van der Waals surface area contributed by atoms with E-state index < -0.39 is 0 Å². The van der Waals surface area contributed by atoms with Crippen molar-refractivity contribution in [3.63, 3.8) is 0 Å². The Balaban J connectivity index is 0.000000531. The summed E-state index contributed by atoms with van der Waals surface area (Å²) in [5, 5.41) is 0. The van der Waals surface area contributed by atoms with Gasteiger partial charge in [-0.25, -0.2) is 0 Å². The number of nitrogens with zero attached hydrogens (tertiary/aromatic N) is 1. The largest absolute Gasteiger partial charge is 0.338 e. The molecule has 0 atom stereocenters. The van der Waals surface area contributed by atoms with Gasteiger partial charge in [0.05, 0.1) is 0 Å². The minimum absolute atomic E-state index is 0.271. The SMILES string of the molecule is CC.O=C1CCCN1CC1=CC=C=C=C1. The molecule has 0 radical (unpaired) electrons. The molecule has 1 saturated heterocycles. The second-order valence-corrected chi connectivity index (χ2v) is 3.26. The van der Waals surface area contributed by atoms with Crippen molar-refractivity contribution < 1.29 is 4.79 Å². The fraction of sp³-hybridized carbons (Fsp3) is 0.462. The second kappa shape index (κ2) is 6.08. The van der Waals surface area contributed by atoms with Crippen LogP contribution in [0.3, 0.4) is 0 Å². The Morgan fingerprint density at radius 2 is 2.20 bits per heavy atom. The zero-order chi connectivity index (χ0) is 11.1. The average molecular weight is 203 g/mol. The van der Waals surface area contributed by atoms with E-state index in [1.165, 1.54) is 0 Å². The van der Waals surface area contributed by atoms with Crippen LogP contribution in [0.5, 0.6) is 0 Å². The topological polar surface area (TPSA) is 20.3 Å². The fourth-order valence-electron chi connectivity index (χ4n) is 1.57. The van der Waals surface area contributed by atoms with Gasteiger partial charge in [-0.15, -0.1) is 0 Å². The third-order valence-electron chi connectivity index (χ3n) is 2.27. The Bertz CT molecular complexity index is 353. The number of carbonyl (C=O) groups is 1. The molecule has 1 aliphatic heterocycles. The zero-order valence-corrected chi connectivity index (χ0v) is 9.42. The smallest absolute Gasteiger partial charge is 0.222 e. The number of amides is 1. The van der Waals surface area contributed by atoms with Gasteiger partial charge in [0.1, 0.15) is 0 Å². The zero-order valence-electron chi connectivity index (χ0n) is 9.42. The molecule has 0 unspecified atom stereocenters. The van der Waals surface area contributed by atoms with E-state index in [-0.39, 0.29) is 5.91 Å². The van der Waals surface area contributed by atoms with Crippen molar-refractivity contribution in [1.29, 1.82) is 0 Å². The van der Waals surface area contributed by atoms with E-state index in [1.807, 2.05) is 37.0 Å². The molecule has 0 N–H and O–H groups in total. The molecule has 1 fully saturated rings. The first-order valence-electron chi connectivity index (χ1n) is 5.51. The van der Waals surface area contributed by atoms with Gasteiger partial charge in [-0.3, -0.25) is 4.79 Å². The van der Waals surface area contributed by atoms with E-state index in [0.29, 0.717) is 6.42 Å². The Kier molecular flexibility index (Phi) is 4.70. The number of hydrogen-bond donors (Lipinski definition) is 0. The van der Waals surface area contributed by atoms with Crippen LogP contribution in [-0.2, 0) is 4.79 Å². The summed E-state index contributed by atoms with van der Waals surface area (Å²) in [6, 6.07) is 0. The van der Waals surface area contributed by atoms with Crippen LogP contribution in [0.4, 0.5) is 0 Å². The third-order valence-corrected chi connectivity index (χ3v) is 2.27. The first kappa shape index (κ1) is 11.6. The van der Waals surface area contributed by atoms with Gasteiger partial charge in [-0.1, -0.05) is 25.3 Å². The van der Waals surface area contributed by atoms with Crippen LogP contribution < -0.4 is 0 Å². The van der Waals surface area contributed by atoms with Crippen molar-refractivity contribution in [2.75, 3.05) is 13.1 Å². The molecule has 2 rings (SSSR count). The first-order valence-corrected chi connectivity index (χ1v) is 5.51. The van der Waals surface area contributed by atoms with Crippen molar-refractivity contribution in [3.8, 4) is 0 Å². The van der Waals surface area contributed by atoms with Crippen LogP contribution in [-0.4, -0.2) is 23.9 Å². The van der Waals surface area contributed by atoms with E-state index in [9.17, 15) is 4.79 Å². The normalized spacial score (nSPS) is 17.6. The van der Waals surface area contributed by atoms with E-state index in [4.69, 9.17) is 0 Å². The van der Waals surface area contributed by atoms with Crippen molar-refractivity contribution in [3.05, 3.63) is 35.3 Å². The number of carbonyl (C=O) groups excluding carboxylic acids is 1. The average Bonchev–Trinajstić information content (AvgIpc) is 2.69. The van der Waals surface area contributed by atoms with Gasteiger partial charge < -0.3 is 4.90 Å². The van der Waals surface area contributed by atoms with Crippen LogP contribution >= 0.6 is 0 Å². The summed E-state index contributed by atoms with van der Waals surface area (Å²) >= 11 is 0. The highest BCUT2D eigenvalue weighted by atomic mass is 16.2. The minimum atomic E-state index is 0.271. The lowest BCUT2D eigenvalue weighted by atomic mass is 10.2. The molecule has 15 heavy (non-hydrogen) atoms. The Morgan fingerprint density at radius 1 is 1.40 bits per heavy atom. The minimum Gasteiger partial charge on any atom is -0.338 e. The summed E-state index contributed by atoms with van der Waals surface area (Å²) < 4.78 is 0. The van der Waals surface area contributed by atoms with Crippen LogP contribution in [0.1, 0.15) is 26.7 Å². The lowest BCUT2D eigenvalue weighted by Crippen LogP contribution is -2.26.